The van der Waals surface area contributed by atoms with E-state index in [0.717, 1.165) is 33.6 Å². The monoisotopic (exact) mass is 331 g/mol. The fourth-order valence-corrected chi connectivity index (χ4v) is 2.82. The minimum Gasteiger partial charge on any atom is -0.363 e. The van der Waals surface area contributed by atoms with E-state index in [-0.39, 0.29) is 6.04 Å². The number of aryl methyl sites for hydroxylation is 1. The van der Waals surface area contributed by atoms with Crippen molar-refractivity contribution in [3.8, 4) is 11.1 Å². The summed E-state index contributed by atoms with van der Waals surface area (Å²) in [4.78, 5) is 12.6. The SMILES string of the molecule is Cc1noc2ncnc(NC(C)c3ccc(-c4cccnc4)cc3)c12. The van der Waals surface area contributed by atoms with Crippen LogP contribution in [0.3, 0.4) is 0 Å². The Kier molecular flexibility index (Phi) is 3.85. The molecule has 0 saturated carbocycles. The summed E-state index contributed by atoms with van der Waals surface area (Å²) >= 11 is 0. The van der Waals surface area contributed by atoms with Gasteiger partial charge in [0.25, 0.3) is 5.71 Å². The van der Waals surface area contributed by atoms with Gasteiger partial charge in [-0.05, 0) is 36.6 Å². The van der Waals surface area contributed by atoms with Crippen LogP contribution in [0.2, 0.25) is 0 Å². The van der Waals surface area contributed by atoms with E-state index in [1.165, 1.54) is 6.33 Å². The molecule has 1 atom stereocenters. The summed E-state index contributed by atoms with van der Waals surface area (Å²) in [6.45, 7) is 3.98. The lowest BCUT2D eigenvalue weighted by Crippen LogP contribution is -2.08. The number of fused-ring (bicyclic) bond motifs is 1. The lowest BCUT2D eigenvalue weighted by Gasteiger charge is -2.15. The highest BCUT2D eigenvalue weighted by Gasteiger charge is 2.14. The molecule has 3 heterocycles. The van der Waals surface area contributed by atoms with E-state index in [4.69, 9.17) is 4.52 Å². The summed E-state index contributed by atoms with van der Waals surface area (Å²) in [7, 11) is 0. The van der Waals surface area contributed by atoms with E-state index in [1.807, 2.05) is 19.2 Å². The van der Waals surface area contributed by atoms with Gasteiger partial charge in [0.15, 0.2) is 0 Å². The molecule has 4 rings (SSSR count). The topological polar surface area (TPSA) is 76.7 Å². The zero-order valence-corrected chi connectivity index (χ0v) is 14.0. The van der Waals surface area contributed by atoms with E-state index in [1.54, 1.807) is 6.20 Å². The molecule has 124 valence electrons. The van der Waals surface area contributed by atoms with E-state index >= 15 is 0 Å². The predicted molar refractivity (Wildman–Crippen MR) is 96.0 cm³/mol. The van der Waals surface area contributed by atoms with E-state index in [0.29, 0.717) is 5.71 Å². The number of anilines is 1. The highest BCUT2D eigenvalue weighted by molar-refractivity contribution is 5.87. The smallest absolute Gasteiger partial charge is 0.263 e. The van der Waals surface area contributed by atoms with Gasteiger partial charge in [-0.25, -0.2) is 4.98 Å². The molecule has 6 nitrogen and oxygen atoms in total. The van der Waals surface area contributed by atoms with Crippen molar-refractivity contribution in [2.45, 2.75) is 19.9 Å². The van der Waals surface area contributed by atoms with Crippen molar-refractivity contribution in [3.63, 3.8) is 0 Å². The van der Waals surface area contributed by atoms with Gasteiger partial charge in [-0.15, -0.1) is 0 Å². The van der Waals surface area contributed by atoms with Crippen molar-refractivity contribution < 1.29 is 4.52 Å². The number of pyridine rings is 1. The summed E-state index contributed by atoms with van der Waals surface area (Å²) in [5.74, 6) is 0.729. The molecule has 1 aromatic carbocycles. The minimum absolute atomic E-state index is 0.0790. The van der Waals surface area contributed by atoms with Crippen LogP contribution in [0.4, 0.5) is 5.82 Å². The maximum absolute atomic E-state index is 5.19. The second kappa shape index (κ2) is 6.32. The van der Waals surface area contributed by atoms with Crippen molar-refractivity contribution in [2.24, 2.45) is 0 Å². The highest BCUT2D eigenvalue weighted by Crippen LogP contribution is 2.27. The molecule has 0 radical (unpaired) electrons. The summed E-state index contributed by atoms with van der Waals surface area (Å²) < 4.78 is 5.19. The predicted octanol–water partition coefficient (Wildman–Crippen LogP) is 4.16. The van der Waals surface area contributed by atoms with Gasteiger partial charge in [-0.1, -0.05) is 35.5 Å². The van der Waals surface area contributed by atoms with E-state index in [2.05, 4.69) is 62.7 Å². The first-order valence-corrected chi connectivity index (χ1v) is 8.06. The first kappa shape index (κ1) is 15.3. The fraction of sp³-hybridized carbons (Fsp3) is 0.158. The number of nitrogens with zero attached hydrogens (tertiary/aromatic N) is 4. The standard InChI is InChI=1S/C19H17N5O/c1-12(23-18-17-13(2)24-25-19(17)22-11-21-18)14-5-7-15(8-6-14)16-4-3-9-20-10-16/h3-12H,1-2H3,(H,21,22,23). The number of aromatic nitrogens is 4. The van der Waals surface area contributed by atoms with Crippen LogP contribution in [0.25, 0.3) is 22.2 Å². The van der Waals surface area contributed by atoms with Gasteiger partial charge in [0, 0.05) is 18.4 Å². The average Bonchev–Trinajstić information content (AvgIpc) is 3.05. The highest BCUT2D eigenvalue weighted by atomic mass is 16.5. The largest absolute Gasteiger partial charge is 0.363 e. The van der Waals surface area contributed by atoms with E-state index < -0.39 is 0 Å². The van der Waals surface area contributed by atoms with Gasteiger partial charge >= 0.3 is 0 Å². The van der Waals surface area contributed by atoms with Crippen LogP contribution in [0.5, 0.6) is 0 Å². The van der Waals surface area contributed by atoms with Crippen LogP contribution in [-0.4, -0.2) is 20.1 Å². The lowest BCUT2D eigenvalue weighted by molar-refractivity contribution is 0.442. The lowest BCUT2D eigenvalue weighted by atomic mass is 10.0. The summed E-state index contributed by atoms with van der Waals surface area (Å²) in [6, 6.07) is 12.5. The Balaban J connectivity index is 1.58. The molecule has 6 heteroatoms. The Morgan fingerprint density at radius 3 is 2.64 bits per heavy atom. The number of hydrogen-bond acceptors (Lipinski definition) is 6. The molecule has 0 fully saturated rings. The summed E-state index contributed by atoms with van der Waals surface area (Å²) in [5, 5.41) is 8.20. The molecule has 1 unspecified atom stereocenters. The number of nitrogens with one attached hydrogen (secondary N) is 1. The van der Waals surface area contributed by atoms with Gasteiger partial charge in [0.05, 0.1) is 5.69 Å². The Bertz CT molecular complexity index is 995. The van der Waals surface area contributed by atoms with Crippen molar-refractivity contribution in [3.05, 3.63) is 66.4 Å². The second-order valence-electron chi connectivity index (χ2n) is 5.90. The van der Waals surface area contributed by atoms with E-state index in [9.17, 15) is 0 Å². The zero-order chi connectivity index (χ0) is 17.2. The molecule has 1 N–H and O–H groups in total. The van der Waals surface area contributed by atoms with Crippen molar-refractivity contribution in [1.82, 2.24) is 20.1 Å². The van der Waals surface area contributed by atoms with Crippen LogP contribution in [0.1, 0.15) is 24.2 Å². The molecule has 0 bridgehead atoms. The molecule has 0 saturated heterocycles. The van der Waals surface area contributed by atoms with Crippen LogP contribution >= 0.6 is 0 Å². The Hall–Kier alpha value is -3.28. The fourth-order valence-electron chi connectivity index (χ4n) is 2.82. The Morgan fingerprint density at radius 2 is 1.88 bits per heavy atom. The molecule has 0 amide bonds. The van der Waals surface area contributed by atoms with Gasteiger partial charge < -0.3 is 9.84 Å². The van der Waals surface area contributed by atoms with Gasteiger partial charge in [0.2, 0.25) is 0 Å². The summed E-state index contributed by atoms with van der Waals surface area (Å²) in [5.41, 5.74) is 4.68. The van der Waals surface area contributed by atoms with Gasteiger partial charge in [-0.3, -0.25) is 4.98 Å². The first-order valence-electron chi connectivity index (χ1n) is 8.06. The van der Waals surface area contributed by atoms with Gasteiger partial charge in [0.1, 0.15) is 17.5 Å². The van der Waals surface area contributed by atoms with Crippen molar-refractivity contribution in [1.29, 1.82) is 0 Å². The number of hydrogen-bond donors (Lipinski definition) is 1. The minimum atomic E-state index is 0.0790. The van der Waals surface area contributed by atoms with Crippen LogP contribution < -0.4 is 5.32 Å². The summed E-state index contributed by atoms with van der Waals surface area (Å²) in [6.07, 6.45) is 5.12. The third-order valence-corrected chi connectivity index (χ3v) is 4.20. The molecule has 3 aromatic heterocycles. The van der Waals surface area contributed by atoms with Crippen LogP contribution in [-0.2, 0) is 0 Å². The Labute approximate surface area is 144 Å². The molecule has 0 aliphatic heterocycles. The number of rotatable bonds is 4. The van der Waals surface area contributed by atoms with Crippen LogP contribution in [0.15, 0.2) is 59.6 Å². The maximum atomic E-state index is 5.19. The zero-order valence-electron chi connectivity index (χ0n) is 14.0. The Morgan fingerprint density at radius 1 is 1.04 bits per heavy atom. The quantitative estimate of drug-likeness (QED) is 0.605. The molecular weight excluding hydrogens is 314 g/mol. The van der Waals surface area contributed by atoms with Crippen LogP contribution in [0, 0.1) is 6.92 Å². The van der Waals surface area contributed by atoms with Gasteiger partial charge in [-0.2, -0.15) is 4.98 Å². The molecule has 4 aromatic rings. The average molecular weight is 331 g/mol. The molecule has 25 heavy (non-hydrogen) atoms. The molecule has 0 aliphatic carbocycles. The number of benzene rings is 1. The first-order chi connectivity index (χ1) is 12.2. The third kappa shape index (κ3) is 2.94. The molecule has 0 spiro atoms. The molecular formula is C19H17N5O. The molecule has 0 aliphatic rings. The second-order valence-corrected chi connectivity index (χ2v) is 5.90. The third-order valence-electron chi connectivity index (χ3n) is 4.20. The van der Waals surface area contributed by atoms with Crippen molar-refractivity contribution >= 4 is 16.9 Å². The maximum Gasteiger partial charge on any atom is 0.263 e. The van der Waals surface area contributed by atoms with Crippen molar-refractivity contribution in [2.75, 3.05) is 5.32 Å². The normalized spacial score (nSPS) is 12.2.